The zero-order valence-electron chi connectivity index (χ0n) is 11.7. The Kier molecular flexibility index (Phi) is 3.85. The van der Waals surface area contributed by atoms with Gasteiger partial charge in [-0.25, -0.2) is 0 Å². The molecule has 0 radical (unpaired) electrons. The summed E-state index contributed by atoms with van der Waals surface area (Å²) >= 11 is 0. The number of aromatic amines is 1. The van der Waals surface area contributed by atoms with Crippen molar-refractivity contribution in [1.82, 2.24) is 15.2 Å². The van der Waals surface area contributed by atoms with Crippen LogP contribution in [0, 0.1) is 0 Å². The first-order valence-corrected chi connectivity index (χ1v) is 7.30. The number of benzene rings is 1. The van der Waals surface area contributed by atoms with Crippen molar-refractivity contribution in [2.24, 2.45) is 0 Å². The molecule has 2 N–H and O–H groups in total. The molecule has 1 saturated heterocycles. The van der Waals surface area contributed by atoms with Crippen LogP contribution in [-0.4, -0.2) is 36.1 Å². The van der Waals surface area contributed by atoms with E-state index in [0.717, 1.165) is 19.1 Å². The van der Waals surface area contributed by atoms with Gasteiger partial charge in [-0.05, 0) is 56.9 Å². The van der Waals surface area contributed by atoms with Crippen LogP contribution in [0.5, 0.6) is 0 Å². The quantitative estimate of drug-likeness (QED) is 0.807. The fourth-order valence-electron chi connectivity index (χ4n) is 3.06. The monoisotopic (exact) mass is 257 g/mol. The molecule has 19 heavy (non-hydrogen) atoms. The van der Waals surface area contributed by atoms with Crippen molar-refractivity contribution in [2.75, 3.05) is 20.1 Å². The van der Waals surface area contributed by atoms with E-state index in [1.165, 1.54) is 42.4 Å². The molecule has 0 saturated carbocycles. The van der Waals surface area contributed by atoms with Gasteiger partial charge < -0.3 is 15.2 Å². The van der Waals surface area contributed by atoms with Gasteiger partial charge in [-0.2, -0.15) is 0 Å². The molecule has 1 aromatic heterocycles. The van der Waals surface area contributed by atoms with Crippen LogP contribution in [0.1, 0.15) is 25.0 Å². The van der Waals surface area contributed by atoms with Crippen LogP contribution < -0.4 is 5.32 Å². The Labute approximate surface area is 115 Å². The molecule has 1 aliphatic heterocycles. The number of rotatable bonds is 5. The molecule has 3 heteroatoms. The van der Waals surface area contributed by atoms with Gasteiger partial charge in [-0.1, -0.05) is 18.2 Å². The van der Waals surface area contributed by atoms with E-state index in [4.69, 9.17) is 0 Å². The number of nitrogens with one attached hydrogen (secondary N) is 2. The molecular formula is C16H23N3. The second-order valence-electron chi connectivity index (χ2n) is 5.62. The molecule has 0 amide bonds. The van der Waals surface area contributed by atoms with Crippen molar-refractivity contribution >= 4 is 10.9 Å². The highest BCUT2D eigenvalue weighted by molar-refractivity contribution is 5.80. The minimum absolute atomic E-state index is 0.787. The van der Waals surface area contributed by atoms with Gasteiger partial charge in [0.05, 0.1) is 0 Å². The number of nitrogens with zero attached hydrogens (tertiary/aromatic N) is 1. The first-order chi connectivity index (χ1) is 9.33. The number of H-pyrrole nitrogens is 1. The lowest BCUT2D eigenvalue weighted by atomic mass is 10.1. The number of aromatic nitrogens is 1. The molecule has 0 bridgehead atoms. The summed E-state index contributed by atoms with van der Waals surface area (Å²) < 4.78 is 0. The third-order valence-corrected chi connectivity index (χ3v) is 4.23. The second kappa shape index (κ2) is 5.76. The van der Waals surface area contributed by atoms with Crippen LogP contribution in [0.4, 0.5) is 0 Å². The maximum Gasteiger partial charge on any atom is 0.0456 e. The molecule has 1 aliphatic rings. The van der Waals surface area contributed by atoms with Crippen molar-refractivity contribution in [3.05, 3.63) is 36.0 Å². The average molecular weight is 257 g/mol. The van der Waals surface area contributed by atoms with E-state index >= 15 is 0 Å². The normalized spacial score (nSPS) is 20.4. The largest absolute Gasteiger partial charge is 0.357 e. The lowest BCUT2D eigenvalue weighted by Crippen LogP contribution is -2.29. The first-order valence-electron chi connectivity index (χ1n) is 7.30. The number of hydrogen-bond acceptors (Lipinski definition) is 2. The Morgan fingerprint density at radius 1 is 1.37 bits per heavy atom. The van der Waals surface area contributed by atoms with E-state index in [9.17, 15) is 0 Å². The SMILES string of the molecule is CN1CCCC1CCNCc1cc2ccccc2[nH]1. The van der Waals surface area contributed by atoms with Crippen molar-refractivity contribution in [2.45, 2.75) is 31.8 Å². The average Bonchev–Trinajstić information content (AvgIpc) is 3.00. The fraction of sp³-hybridized carbons (Fsp3) is 0.500. The van der Waals surface area contributed by atoms with E-state index in [2.05, 4.69) is 52.6 Å². The van der Waals surface area contributed by atoms with Crippen LogP contribution in [0.3, 0.4) is 0 Å². The molecule has 1 atom stereocenters. The molecule has 3 rings (SSSR count). The highest BCUT2D eigenvalue weighted by atomic mass is 15.1. The molecule has 1 fully saturated rings. The predicted octanol–water partition coefficient (Wildman–Crippen LogP) is 2.74. The van der Waals surface area contributed by atoms with Gasteiger partial charge in [0.1, 0.15) is 0 Å². The zero-order chi connectivity index (χ0) is 13.1. The summed E-state index contributed by atoms with van der Waals surface area (Å²) in [5, 5.41) is 4.85. The molecule has 2 aromatic rings. The van der Waals surface area contributed by atoms with Crippen molar-refractivity contribution in [3.8, 4) is 0 Å². The topological polar surface area (TPSA) is 31.1 Å². The Morgan fingerprint density at radius 2 is 2.26 bits per heavy atom. The standard InChI is InChI=1S/C16H23N3/c1-19-10-4-6-15(19)8-9-17-12-14-11-13-5-2-3-7-16(13)18-14/h2-3,5,7,11,15,17-18H,4,6,8-10,12H2,1H3. The number of hydrogen-bond donors (Lipinski definition) is 2. The molecule has 2 heterocycles. The highest BCUT2D eigenvalue weighted by Gasteiger charge is 2.19. The number of para-hydroxylation sites is 1. The Bertz CT molecular complexity index is 499. The maximum atomic E-state index is 3.55. The molecule has 1 aromatic carbocycles. The summed E-state index contributed by atoms with van der Waals surface area (Å²) in [7, 11) is 2.25. The van der Waals surface area contributed by atoms with E-state index < -0.39 is 0 Å². The fourth-order valence-corrected chi connectivity index (χ4v) is 3.06. The summed E-state index contributed by atoms with van der Waals surface area (Å²) in [6.45, 7) is 3.31. The molecule has 102 valence electrons. The lowest BCUT2D eigenvalue weighted by Gasteiger charge is -2.19. The number of likely N-dealkylation sites (tertiary alicyclic amines) is 1. The van der Waals surface area contributed by atoms with Crippen molar-refractivity contribution < 1.29 is 0 Å². The molecule has 0 aliphatic carbocycles. The Morgan fingerprint density at radius 3 is 3.05 bits per heavy atom. The molecule has 0 spiro atoms. The zero-order valence-corrected chi connectivity index (χ0v) is 11.7. The van der Waals surface area contributed by atoms with Gasteiger partial charge in [0.15, 0.2) is 0 Å². The van der Waals surface area contributed by atoms with Crippen LogP contribution in [0.25, 0.3) is 10.9 Å². The second-order valence-corrected chi connectivity index (χ2v) is 5.62. The van der Waals surface area contributed by atoms with Crippen molar-refractivity contribution in [1.29, 1.82) is 0 Å². The third-order valence-electron chi connectivity index (χ3n) is 4.23. The molecular weight excluding hydrogens is 234 g/mol. The summed E-state index contributed by atoms with van der Waals surface area (Å²) in [6, 6.07) is 11.5. The number of fused-ring (bicyclic) bond motifs is 1. The molecule has 1 unspecified atom stereocenters. The van der Waals surface area contributed by atoms with E-state index in [1.807, 2.05) is 0 Å². The van der Waals surface area contributed by atoms with E-state index in [0.29, 0.717) is 0 Å². The maximum absolute atomic E-state index is 3.55. The van der Waals surface area contributed by atoms with Gasteiger partial charge in [-0.15, -0.1) is 0 Å². The van der Waals surface area contributed by atoms with Gasteiger partial charge >= 0.3 is 0 Å². The lowest BCUT2D eigenvalue weighted by molar-refractivity contribution is 0.293. The van der Waals surface area contributed by atoms with Crippen LogP contribution in [0.15, 0.2) is 30.3 Å². The summed E-state index contributed by atoms with van der Waals surface area (Å²) in [6.07, 6.45) is 3.99. The van der Waals surface area contributed by atoms with Gasteiger partial charge in [0, 0.05) is 23.8 Å². The van der Waals surface area contributed by atoms with E-state index in [1.54, 1.807) is 0 Å². The first kappa shape index (κ1) is 12.7. The van der Waals surface area contributed by atoms with Gasteiger partial charge in [-0.3, -0.25) is 0 Å². The summed E-state index contributed by atoms with van der Waals surface area (Å²) in [5.74, 6) is 0. The van der Waals surface area contributed by atoms with Crippen molar-refractivity contribution in [3.63, 3.8) is 0 Å². The Hall–Kier alpha value is -1.32. The minimum Gasteiger partial charge on any atom is -0.357 e. The third kappa shape index (κ3) is 2.99. The highest BCUT2D eigenvalue weighted by Crippen LogP contribution is 2.17. The van der Waals surface area contributed by atoms with Crippen LogP contribution >= 0.6 is 0 Å². The van der Waals surface area contributed by atoms with Crippen LogP contribution in [0.2, 0.25) is 0 Å². The summed E-state index contributed by atoms with van der Waals surface area (Å²) in [5.41, 5.74) is 2.51. The van der Waals surface area contributed by atoms with Gasteiger partial charge in [0.2, 0.25) is 0 Å². The Balaban J connectivity index is 1.47. The predicted molar refractivity (Wildman–Crippen MR) is 80.3 cm³/mol. The molecule has 3 nitrogen and oxygen atoms in total. The summed E-state index contributed by atoms with van der Waals surface area (Å²) in [4.78, 5) is 5.95. The van der Waals surface area contributed by atoms with Crippen LogP contribution in [-0.2, 0) is 6.54 Å². The smallest absolute Gasteiger partial charge is 0.0456 e. The van der Waals surface area contributed by atoms with E-state index in [-0.39, 0.29) is 0 Å². The van der Waals surface area contributed by atoms with Gasteiger partial charge in [0.25, 0.3) is 0 Å². The minimum atomic E-state index is 0.787.